The van der Waals surface area contributed by atoms with Gasteiger partial charge in [-0.05, 0) is 36.2 Å². The van der Waals surface area contributed by atoms with Crippen molar-refractivity contribution in [3.63, 3.8) is 0 Å². The molecule has 0 aliphatic carbocycles. The Morgan fingerprint density at radius 1 is 1.52 bits per heavy atom. The van der Waals surface area contributed by atoms with Gasteiger partial charge in [-0.1, -0.05) is 19.4 Å². The smallest absolute Gasteiger partial charge is 0.308 e. The minimum atomic E-state index is -0.790. The van der Waals surface area contributed by atoms with Gasteiger partial charge < -0.3 is 15.0 Å². The zero-order valence-electron chi connectivity index (χ0n) is 15.1. The van der Waals surface area contributed by atoms with Crippen LogP contribution in [0.3, 0.4) is 0 Å². The van der Waals surface area contributed by atoms with Crippen LogP contribution in [0.5, 0.6) is 0 Å². The second-order valence-corrected chi connectivity index (χ2v) is 7.29. The fourth-order valence-corrected chi connectivity index (χ4v) is 3.41. The predicted molar refractivity (Wildman–Crippen MR) is 108 cm³/mol. The Balaban J connectivity index is 1.93. The third kappa shape index (κ3) is 6.76. The van der Waals surface area contributed by atoms with E-state index < -0.39 is 12.0 Å². The zero-order valence-corrected chi connectivity index (χ0v) is 16.7. The van der Waals surface area contributed by atoms with Gasteiger partial charge in [0.1, 0.15) is 6.04 Å². The number of unbranched alkanes of at least 4 members (excludes halogenated alkanes) is 1. The van der Waals surface area contributed by atoms with Crippen molar-refractivity contribution in [3.05, 3.63) is 28.5 Å². The highest BCUT2D eigenvalue weighted by Gasteiger charge is 2.34. The normalized spacial score (nSPS) is 16.9. The van der Waals surface area contributed by atoms with Crippen molar-refractivity contribution in [3.8, 4) is 0 Å². The molecule has 1 aromatic rings. The summed E-state index contributed by atoms with van der Waals surface area (Å²) in [5.74, 6) is -1.15. The lowest BCUT2D eigenvalue weighted by Crippen LogP contribution is -2.60. The highest BCUT2D eigenvalue weighted by Crippen LogP contribution is 2.12. The lowest BCUT2D eigenvalue weighted by Gasteiger charge is -2.36. The fraction of sp³-hybridized carbons (Fsp3) is 0.444. The monoisotopic (exact) mass is 409 g/mol. The molecule has 0 spiro atoms. The van der Waals surface area contributed by atoms with Crippen LogP contribution in [0.25, 0.3) is 6.08 Å². The summed E-state index contributed by atoms with van der Waals surface area (Å²) >= 11 is 6.80. The second-order valence-electron chi connectivity index (χ2n) is 5.92. The molecule has 0 bridgehead atoms. The number of hydrogen-bond acceptors (Lipinski definition) is 6. The van der Waals surface area contributed by atoms with Crippen molar-refractivity contribution in [2.75, 3.05) is 19.7 Å². The third-order valence-corrected chi connectivity index (χ3v) is 5.06. The molecule has 0 unspecified atom stereocenters. The van der Waals surface area contributed by atoms with Crippen molar-refractivity contribution >= 4 is 52.5 Å². The molecule has 1 atom stereocenters. The van der Waals surface area contributed by atoms with Crippen molar-refractivity contribution in [2.45, 2.75) is 32.2 Å². The summed E-state index contributed by atoms with van der Waals surface area (Å²) in [5.41, 5.74) is 0. The van der Waals surface area contributed by atoms with Crippen molar-refractivity contribution in [2.24, 2.45) is 0 Å². The number of nitrogens with zero attached hydrogens (tertiary/aromatic N) is 1. The van der Waals surface area contributed by atoms with E-state index in [0.29, 0.717) is 19.7 Å². The van der Waals surface area contributed by atoms with E-state index in [0.717, 1.165) is 17.7 Å². The molecule has 7 nitrogen and oxygen atoms in total. The Morgan fingerprint density at radius 2 is 2.33 bits per heavy atom. The number of ether oxygens (including phenoxy) is 1. The first-order valence-corrected chi connectivity index (χ1v) is 10.1. The van der Waals surface area contributed by atoms with Gasteiger partial charge in [0, 0.05) is 24.0 Å². The number of piperazine rings is 1. The Hall–Kier alpha value is -2.26. The van der Waals surface area contributed by atoms with Crippen LogP contribution in [-0.4, -0.2) is 53.5 Å². The maximum atomic E-state index is 12.2. The highest BCUT2D eigenvalue weighted by atomic mass is 32.1. The molecular formula is C18H23N3O4S2. The van der Waals surface area contributed by atoms with E-state index in [1.165, 1.54) is 17.4 Å². The predicted octanol–water partition coefficient (Wildman–Crippen LogP) is 1.70. The van der Waals surface area contributed by atoms with Crippen molar-refractivity contribution in [1.82, 2.24) is 15.5 Å². The molecule has 2 amide bonds. The molecule has 0 radical (unpaired) electrons. The Morgan fingerprint density at radius 3 is 3.04 bits per heavy atom. The van der Waals surface area contributed by atoms with Crippen LogP contribution in [0.15, 0.2) is 23.6 Å². The molecule has 1 aromatic heterocycles. The summed E-state index contributed by atoms with van der Waals surface area (Å²) < 4.78 is 5.14. The number of thiophene rings is 1. The molecule has 146 valence electrons. The van der Waals surface area contributed by atoms with Crippen LogP contribution >= 0.6 is 23.6 Å². The number of carbonyl (C=O) groups excluding carboxylic acids is 3. The van der Waals surface area contributed by atoms with Gasteiger partial charge in [0.05, 0.1) is 13.0 Å². The first-order chi connectivity index (χ1) is 13.0. The minimum absolute atomic E-state index is 0.114. The van der Waals surface area contributed by atoms with E-state index >= 15 is 0 Å². The Kier molecular flexibility index (Phi) is 8.41. The molecule has 2 heterocycles. The molecule has 1 fully saturated rings. The topological polar surface area (TPSA) is 87.7 Å². The molecule has 9 heteroatoms. The molecule has 1 aliphatic heterocycles. The SMILES string of the molecule is CCCCOC(=O)C[C@H]1C(=O)NCCN1C(=S)NC(=O)/C=C/c1cccs1. The van der Waals surface area contributed by atoms with Gasteiger partial charge in [-0.25, -0.2) is 0 Å². The standard InChI is InChI=1S/C18H23N3O4S2/c1-2-3-10-25-16(23)12-14-17(24)19-8-9-21(14)18(26)20-15(22)7-6-13-5-4-11-27-13/h4-7,11,14H,2-3,8-10,12H2,1H3,(H,19,24)(H,20,22,26)/b7-6+/t14-/m0/s1. The molecule has 2 rings (SSSR count). The maximum Gasteiger partial charge on any atom is 0.308 e. The number of esters is 1. The molecule has 2 N–H and O–H groups in total. The van der Waals surface area contributed by atoms with E-state index in [-0.39, 0.29) is 23.3 Å². The molecule has 27 heavy (non-hydrogen) atoms. The number of thiocarbonyl (C=S) groups is 1. The number of hydrogen-bond donors (Lipinski definition) is 2. The van der Waals surface area contributed by atoms with E-state index in [9.17, 15) is 14.4 Å². The highest BCUT2D eigenvalue weighted by molar-refractivity contribution is 7.80. The van der Waals surface area contributed by atoms with Crippen LogP contribution in [0.2, 0.25) is 0 Å². The first-order valence-electron chi connectivity index (χ1n) is 8.77. The van der Waals surface area contributed by atoms with Gasteiger partial charge >= 0.3 is 5.97 Å². The largest absolute Gasteiger partial charge is 0.466 e. The van der Waals surface area contributed by atoms with Crippen LogP contribution in [0, 0.1) is 0 Å². The van der Waals surface area contributed by atoms with E-state index in [1.807, 2.05) is 24.4 Å². The molecule has 0 saturated carbocycles. The molecule has 1 aliphatic rings. The summed E-state index contributed by atoms with van der Waals surface area (Å²) in [6.45, 7) is 3.13. The molecule has 0 aromatic carbocycles. The maximum absolute atomic E-state index is 12.2. The zero-order chi connectivity index (χ0) is 19.6. The average molecular weight is 410 g/mol. The summed E-state index contributed by atoms with van der Waals surface area (Å²) in [6.07, 6.45) is 4.65. The molecular weight excluding hydrogens is 386 g/mol. The van der Waals surface area contributed by atoms with Gasteiger partial charge in [-0.2, -0.15) is 0 Å². The summed E-state index contributed by atoms with van der Waals surface area (Å²) in [6, 6.07) is 2.99. The lowest BCUT2D eigenvalue weighted by molar-refractivity contribution is -0.147. The van der Waals surface area contributed by atoms with Gasteiger partial charge in [-0.15, -0.1) is 11.3 Å². The number of carbonyl (C=O) groups is 3. The number of amides is 2. The third-order valence-electron chi connectivity index (χ3n) is 3.88. The van der Waals surface area contributed by atoms with E-state index in [1.54, 1.807) is 11.0 Å². The first kappa shape index (κ1) is 21.0. The Bertz CT molecular complexity index is 703. The van der Waals surface area contributed by atoms with Gasteiger partial charge in [0.25, 0.3) is 0 Å². The second kappa shape index (κ2) is 10.8. The van der Waals surface area contributed by atoms with Gasteiger partial charge in [0.15, 0.2) is 5.11 Å². The Labute approximate surface area is 167 Å². The number of nitrogens with one attached hydrogen (secondary N) is 2. The van der Waals surface area contributed by atoms with Crippen molar-refractivity contribution < 1.29 is 19.1 Å². The molecule has 1 saturated heterocycles. The van der Waals surface area contributed by atoms with Crippen LogP contribution < -0.4 is 10.6 Å². The minimum Gasteiger partial charge on any atom is -0.466 e. The van der Waals surface area contributed by atoms with E-state index in [4.69, 9.17) is 17.0 Å². The van der Waals surface area contributed by atoms with Crippen molar-refractivity contribution in [1.29, 1.82) is 0 Å². The van der Waals surface area contributed by atoms with Crippen LogP contribution in [-0.2, 0) is 19.1 Å². The van der Waals surface area contributed by atoms with E-state index in [2.05, 4.69) is 10.6 Å². The fourth-order valence-electron chi connectivity index (χ4n) is 2.47. The summed E-state index contributed by atoms with van der Waals surface area (Å²) in [7, 11) is 0. The summed E-state index contributed by atoms with van der Waals surface area (Å²) in [4.78, 5) is 38.8. The number of rotatable bonds is 7. The van der Waals surface area contributed by atoms with Crippen LogP contribution in [0.1, 0.15) is 31.1 Å². The average Bonchev–Trinajstić information content (AvgIpc) is 3.15. The van der Waals surface area contributed by atoms with Crippen LogP contribution in [0.4, 0.5) is 0 Å². The lowest BCUT2D eigenvalue weighted by atomic mass is 10.1. The quantitative estimate of drug-likeness (QED) is 0.308. The summed E-state index contributed by atoms with van der Waals surface area (Å²) in [5, 5.41) is 7.34. The van der Waals surface area contributed by atoms with Gasteiger partial charge in [0.2, 0.25) is 11.8 Å². The van der Waals surface area contributed by atoms with Gasteiger partial charge in [-0.3, -0.25) is 19.7 Å².